The zero-order valence-corrected chi connectivity index (χ0v) is 22.8. The first-order valence-electron chi connectivity index (χ1n) is 12.4. The fourth-order valence-corrected chi connectivity index (χ4v) is 5.71. The lowest BCUT2D eigenvalue weighted by atomic mass is 10.1. The number of benzene rings is 1. The molecule has 0 aliphatic carbocycles. The quantitative estimate of drug-likeness (QED) is 0.360. The Morgan fingerprint density at radius 3 is 2.50 bits per heavy atom. The van der Waals surface area contributed by atoms with Gasteiger partial charge in [-0.1, -0.05) is 31.0 Å². The van der Waals surface area contributed by atoms with Gasteiger partial charge < -0.3 is 9.80 Å². The zero-order chi connectivity index (χ0) is 24.2. The number of piperazine rings is 1. The monoisotopic (exact) mass is 499 g/mol. The Morgan fingerprint density at radius 1 is 1.12 bits per heavy atom. The van der Waals surface area contributed by atoms with Crippen molar-refractivity contribution in [2.24, 2.45) is 0 Å². The molecule has 5 nitrogen and oxygen atoms in total. The van der Waals surface area contributed by atoms with Gasteiger partial charge in [-0.25, -0.2) is 4.68 Å². The summed E-state index contributed by atoms with van der Waals surface area (Å²) in [5.41, 5.74) is 5.01. The molecule has 0 radical (unpaired) electrons. The van der Waals surface area contributed by atoms with Crippen molar-refractivity contribution in [2.45, 2.75) is 59.7 Å². The van der Waals surface area contributed by atoms with Crippen LogP contribution in [-0.4, -0.2) is 58.8 Å². The molecule has 0 saturated carbocycles. The predicted octanol–water partition coefficient (Wildman–Crippen LogP) is 6.01. The van der Waals surface area contributed by atoms with Gasteiger partial charge in [0.15, 0.2) is 0 Å². The lowest BCUT2D eigenvalue weighted by molar-refractivity contribution is 0.204. The second-order valence-corrected chi connectivity index (χ2v) is 11.1. The van der Waals surface area contributed by atoms with E-state index in [9.17, 15) is 0 Å². The van der Waals surface area contributed by atoms with Gasteiger partial charge in [-0.2, -0.15) is 5.10 Å². The summed E-state index contributed by atoms with van der Waals surface area (Å²) in [6.07, 6.45) is 2.06. The lowest BCUT2D eigenvalue weighted by Gasteiger charge is -2.35. The van der Waals surface area contributed by atoms with Crippen molar-refractivity contribution in [3.05, 3.63) is 62.4 Å². The molecule has 2 aromatic heterocycles. The number of rotatable bonds is 9. The molecule has 1 saturated heterocycles. The standard InChI is InChI=1S/C27H38ClN5S/c1-6-8-25-24(18-32(20(2)3)19-26-21(4)11-16-34-26)27(31-14-12-30(5)13-15-31)33(29-25)23-10-7-9-22(28)17-23/h7,9-11,16-17,20H,6,8,12-15,18-19H2,1-5H3. The van der Waals surface area contributed by atoms with E-state index in [1.54, 1.807) is 0 Å². The Hall–Kier alpha value is -1.86. The molecule has 0 unspecified atom stereocenters. The highest BCUT2D eigenvalue weighted by Crippen LogP contribution is 2.32. The van der Waals surface area contributed by atoms with E-state index in [0.29, 0.717) is 6.04 Å². The molecule has 184 valence electrons. The van der Waals surface area contributed by atoms with Crippen LogP contribution in [0.5, 0.6) is 0 Å². The first-order valence-corrected chi connectivity index (χ1v) is 13.7. The van der Waals surface area contributed by atoms with Gasteiger partial charge in [-0.15, -0.1) is 11.3 Å². The number of likely N-dealkylation sites (N-methyl/N-ethyl adjacent to an activating group) is 1. The molecule has 0 atom stereocenters. The van der Waals surface area contributed by atoms with Crippen molar-refractivity contribution in [3.8, 4) is 5.69 Å². The van der Waals surface area contributed by atoms with Gasteiger partial charge in [-0.3, -0.25) is 4.90 Å². The number of anilines is 1. The minimum atomic E-state index is 0.436. The van der Waals surface area contributed by atoms with Crippen molar-refractivity contribution in [1.82, 2.24) is 19.6 Å². The molecule has 3 aromatic rings. The average Bonchev–Trinajstić information content (AvgIpc) is 3.37. The van der Waals surface area contributed by atoms with Crippen molar-refractivity contribution < 1.29 is 0 Å². The van der Waals surface area contributed by atoms with E-state index in [1.165, 1.54) is 27.5 Å². The minimum absolute atomic E-state index is 0.436. The zero-order valence-electron chi connectivity index (χ0n) is 21.2. The Bertz CT molecular complexity index is 1080. The molecule has 34 heavy (non-hydrogen) atoms. The van der Waals surface area contributed by atoms with Crippen LogP contribution in [0.4, 0.5) is 5.82 Å². The number of aromatic nitrogens is 2. The number of aryl methyl sites for hydroxylation is 2. The highest BCUT2D eigenvalue weighted by Gasteiger charge is 2.28. The topological polar surface area (TPSA) is 27.5 Å². The molecular formula is C27H38ClN5S. The fourth-order valence-electron chi connectivity index (χ4n) is 4.59. The highest BCUT2D eigenvalue weighted by atomic mass is 35.5. The van der Waals surface area contributed by atoms with Crippen LogP contribution in [0.25, 0.3) is 5.69 Å². The van der Waals surface area contributed by atoms with Gasteiger partial charge in [-0.05, 0) is 69.4 Å². The number of nitrogens with zero attached hydrogens (tertiary/aromatic N) is 5. The molecule has 0 spiro atoms. The van der Waals surface area contributed by atoms with E-state index < -0.39 is 0 Å². The van der Waals surface area contributed by atoms with Crippen molar-refractivity contribution in [1.29, 1.82) is 0 Å². The third-order valence-corrected chi connectivity index (χ3v) is 8.03. The smallest absolute Gasteiger partial charge is 0.137 e. The Labute approximate surface area is 213 Å². The first kappa shape index (κ1) is 25.2. The van der Waals surface area contributed by atoms with Gasteiger partial charge >= 0.3 is 0 Å². The van der Waals surface area contributed by atoms with E-state index in [1.807, 2.05) is 29.5 Å². The van der Waals surface area contributed by atoms with Gasteiger partial charge in [0.25, 0.3) is 0 Å². The van der Waals surface area contributed by atoms with Gasteiger partial charge in [0.2, 0.25) is 0 Å². The molecule has 0 N–H and O–H groups in total. The van der Waals surface area contributed by atoms with Crippen molar-refractivity contribution in [2.75, 3.05) is 38.1 Å². The van der Waals surface area contributed by atoms with Gasteiger partial charge in [0.1, 0.15) is 5.82 Å². The molecule has 7 heteroatoms. The van der Waals surface area contributed by atoms with E-state index in [4.69, 9.17) is 16.7 Å². The normalized spacial score (nSPS) is 15.1. The van der Waals surface area contributed by atoms with Crippen LogP contribution < -0.4 is 4.90 Å². The Balaban J connectivity index is 1.79. The summed E-state index contributed by atoms with van der Waals surface area (Å²) < 4.78 is 2.16. The summed E-state index contributed by atoms with van der Waals surface area (Å²) in [5.74, 6) is 1.24. The first-order chi connectivity index (χ1) is 16.4. The van der Waals surface area contributed by atoms with E-state index >= 15 is 0 Å². The maximum absolute atomic E-state index is 6.41. The molecule has 1 aliphatic rings. The number of halogens is 1. The summed E-state index contributed by atoms with van der Waals surface area (Å²) in [5, 5.41) is 8.16. The summed E-state index contributed by atoms with van der Waals surface area (Å²) in [6.45, 7) is 15.1. The third kappa shape index (κ3) is 5.68. The molecule has 3 heterocycles. The Kier molecular flexibility index (Phi) is 8.35. The predicted molar refractivity (Wildman–Crippen MR) is 146 cm³/mol. The third-order valence-electron chi connectivity index (χ3n) is 6.79. The summed E-state index contributed by atoms with van der Waals surface area (Å²) in [4.78, 5) is 8.99. The second-order valence-electron chi connectivity index (χ2n) is 9.71. The summed E-state index contributed by atoms with van der Waals surface area (Å²) in [7, 11) is 2.21. The van der Waals surface area contributed by atoms with Crippen LogP contribution in [0.1, 0.15) is 48.9 Å². The molecular weight excluding hydrogens is 462 g/mol. The maximum Gasteiger partial charge on any atom is 0.137 e. The second kappa shape index (κ2) is 11.3. The van der Waals surface area contributed by atoms with E-state index in [0.717, 1.165) is 62.8 Å². The SMILES string of the molecule is CCCc1nn(-c2cccc(Cl)c2)c(N2CCN(C)CC2)c1CN(Cc1sccc1C)C(C)C. The average molecular weight is 500 g/mol. The minimum Gasteiger partial charge on any atom is -0.354 e. The van der Waals surface area contributed by atoms with E-state index in [2.05, 4.69) is 71.6 Å². The molecule has 1 aromatic carbocycles. The maximum atomic E-state index is 6.41. The van der Waals surface area contributed by atoms with E-state index in [-0.39, 0.29) is 0 Å². The largest absolute Gasteiger partial charge is 0.354 e. The van der Waals surface area contributed by atoms with Crippen LogP contribution >= 0.6 is 22.9 Å². The van der Waals surface area contributed by atoms with Crippen LogP contribution in [0, 0.1) is 6.92 Å². The van der Waals surface area contributed by atoms with Crippen molar-refractivity contribution >= 4 is 28.8 Å². The summed E-state index contributed by atoms with van der Waals surface area (Å²) >= 11 is 8.27. The number of thiophene rings is 1. The summed E-state index contributed by atoms with van der Waals surface area (Å²) in [6, 6.07) is 10.8. The van der Waals surface area contributed by atoms with Gasteiger partial charge in [0.05, 0.1) is 11.4 Å². The highest BCUT2D eigenvalue weighted by molar-refractivity contribution is 7.10. The van der Waals surface area contributed by atoms with Crippen LogP contribution in [0.15, 0.2) is 35.7 Å². The molecule has 4 rings (SSSR count). The van der Waals surface area contributed by atoms with Crippen LogP contribution in [-0.2, 0) is 19.5 Å². The molecule has 1 aliphatic heterocycles. The number of hydrogen-bond donors (Lipinski definition) is 0. The Morgan fingerprint density at radius 2 is 1.88 bits per heavy atom. The molecule has 0 bridgehead atoms. The molecule has 1 fully saturated rings. The van der Waals surface area contributed by atoms with Gasteiger partial charge in [0, 0.05) is 60.8 Å². The van der Waals surface area contributed by atoms with Crippen LogP contribution in [0.2, 0.25) is 5.02 Å². The molecule has 0 amide bonds. The fraction of sp³-hybridized carbons (Fsp3) is 0.519. The lowest BCUT2D eigenvalue weighted by Crippen LogP contribution is -2.45. The van der Waals surface area contributed by atoms with Crippen molar-refractivity contribution in [3.63, 3.8) is 0 Å². The number of hydrogen-bond acceptors (Lipinski definition) is 5. The van der Waals surface area contributed by atoms with Crippen LogP contribution in [0.3, 0.4) is 0 Å².